The van der Waals surface area contributed by atoms with Crippen LogP contribution in [0.3, 0.4) is 0 Å². The highest BCUT2D eigenvalue weighted by Gasteiger charge is 2.47. The SMILES string of the molecule is [2H]C([2H])([2H])c1cc(N2C3=NC4C=CC=CC4N3c3ccccc32)ccc1-c1cc(C([2H])([2H])[2H])c(-c2cccc3c2Sc2ccccc2[Si](C)(C)C3(C)C)cc1C([2H])([2H])[2H]. The average Bonchev–Trinajstić information content (AvgIpc) is 3.69. The van der Waals surface area contributed by atoms with Crippen LogP contribution in [0.15, 0.2) is 136 Å². The van der Waals surface area contributed by atoms with Crippen LogP contribution in [0.5, 0.6) is 0 Å². The Hall–Kier alpha value is -4.58. The monoisotopic (exact) mass is 694 g/mol. The zero-order chi connectivity index (χ0) is 42.0. The number of guanidine groups is 1. The Labute approximate surface area is 314 Å². The van der Waals surface area contributed by atoms with E-state index < -0.39 is 28.6 Å². The Balaban J connectivity index is 1.26. The predicted molar refractivity (Wildman–Crippen MR) is 217 cm³/mol. The van der Waals surface area contributed by atoms with E-state index in [0.29, 0.717) is 22.8 Å². The van der Waals surface area contributed by atoms with Gasteiger partial charge in [0.05, 0.1) is 31.5 Å². The van der Waals surface area contributed by atoms with Crippen LogP contribution in [-0.4, -0.2) is 26.1 Å². The number of aryl methyl sites for hydroxylation is 3. The summed E-state index contributed by atoms with van der Waals surface area (Å²) in [6.07, 6.45) is 8.13. The summed E-state index contributed by atoms with van der Waals surface area (Å²) in [4.78, 5) is 11.2. The third-order valence-corrected chi connectivity index (χ3v) is 18.0. The molecule has 2 atom stereocenters. The van der Waals surface area contributed by atoms with Gasteiger partial charge in [0.25, 0.3) is 0 Å². The zero-order valence-electron chi connectivity index (χ0n) is 37.5. The van der Waals surface area contributed by atoms with Crippen molar-refractivity contribution in [3.8, 4) is 22.3 Å². The summed E-state index contributed by atoms with van der Waals surface area (Å²) in [5.41, 5.74) is 4.27. The number of hydrogen-bond acceptors (Lipinski definition) is 4. The molecule has 3 aliphatic heterocycles. The van der Waals surface area contributed by atoms with Gasteiger partial charge in [0.2, 0.25) is 5.96 Å². The zero-order valence-corrected chi connectivity index (χ0v) is 30.3. The first-order valence-electron chi connectivity index (χ1n) is 21.6. The van der Waals surface area contributed by atoms with E-state index in [1.54, 1.807) is 30.0 Å². The molecule has 9 rings (SSSR count). The first-order chi connectivity index (χ1) is 27.7. The second kappa shape index (κ2) is 11.2. The molecule has 2 unspecified atom stereocenters. The van der Waals surface area contributed by atoms with Crippen molar-refractivity contribution in [2.24, 2.45) is 4.99 Å². The molecular formula is C45H43N3SSi. The van der Waals surface area contributed by atoms with Crippen molar-refractivity contribution >= 4 is 48.0 Å². The number of hydrogen-bond donors (Lipinski definition) is 0. The molecule has 4 aliphatic rings. The molecule has 0 saturated carbocycles. The molecule has 3 heterocycles. The number of nitrogens with zero attached hydrogens (tertiary/aromatic N) is 3. The molecule has 1 aliphatic carbocycles. The van der Waals surface area contributed by atoms with Gasteiger partial charge in [-0.15, -0.1) is 0 Å². The maximum absolute atomic E-state index is 8.87. The minimum Gasteiger partial charge on any atom is -0.300 e. The summed E-state index contributed by atoms with van der Waals surface area (Å²) < 4.78 is 79.5. The van der Waals surface area contributed by atoms with E-state index in [1.165, 1.54) is 17.3 Å². The topological polar surface area (TPSA) is 18.8 Å². The van der Waals surface area contributed by atoms with Crippen LogP contribution < -0.4 is 15.0 Å². The molecule has 0 fully saturated rings. The summed E-state index contributed by atoms with van der Waals surface area (Å²) >= 11 is 1.60. The number of allylic oxidation sites excluding steroid dienone is 2. The molecule has 0 N–H and O–H groups in total. The van der Waals surface area contributed by atoms with Gasteiger partial charge in [-0.25, -0.2) is 4.99 Å². The Bertz CT molecular complexity index is 2660. The largest absolute Gasteiger partial charge is 0.300 e. The Morgan fingerprint density at radius 3 is 2.22 bits per heavy atom. The maximum Gasteiger partial charge on any atom is 0.211 e. The molecule has 50 heavy (non-hydrogen) atoms. The standard InChI is InChI=1S/C45H43N3SSi/c1-28-25-31(47-39-19-10-11-20-40(39)48-38-18-9-8-17-37(38)46-44(47)48)23-24-32(28)34-26-30(3)35(27-29(34)2)33-15-14-16-36-43(33)49-41-21-12-13-22-42(41)50(6,7)45(36,4)5/h8-27,37-38H,1-7H3/i1D3,2D3,3D3. The molecule has 0 saturated heterocycles. The van der Waals surface area contributed by atoms with Crippen molar-refractivity contribution < 1.29 is 12.3 Å². The summed E-state index contributed by atoms with van der Waals surface area (Å²) in [5.74, 6) is 0.663. The predicted octanol–water partition coefficient (Wildman–Crippen LogP) is 11.0. The van der Waals surface area contributed by atoms with Crippen molar-refractivity contribution in [1.82, 2.24) is 0 Å². The summed E-state index contributed by atoms with van der Waals surface area (Å²) in [7, 11) is -2.18. The minimum absolute atomic E-state index is 0.0337. The van der Waals surface area contributed by atoms with Crippen LogP contribution in [0.2, 0.25) is 13.1 Å². The molecule has 5 aromatic carbocycles. The minimum atomic E-state index is -2.73. The van der Waals surface area contributed by atoms with Crippen LogP contribution in [0, 0.1) is 20.6 Å². The van der Waals surface area contributed by atoms with Crippen LogP contribution >= 0.6 is 11.8 Å². The van der Waals surface area contributed by atoms with Crippen LogP contribution in [-0.2, 0) is 5.04 Å². The highest BCUT2D eigenvalue weighted by atomic mass is 32.2. The lowest BCUT2D eigenvalue weighted by molar-refractivity contribution is 0.710. The van der Waals surface area contributed by atoms with Crippen LogP contribution in [0.25, 0.3) is 22.3 Å². The van der Waals surface area contributed by atoms with E-state index in [4.69, 9.17) is 17.3 Å². The van der Waals surface area contributed by atoms with Crippen molar-refractivity contribution in [3.63, 3.8) is 0 Å². The van der Waals surface area contributed by atoms with Crippen molar-refractivity contribution in [2.75, 3.05) is 9.80 Å². The fraction of sp³-hybridized carbons (Fsp3) is 0.222. The smallest absolute Gasteiger partial charge is 0.211 e. The molecule has 0 aromatic heterocycles. The van der Waals surface area contributed by atoms with Crippen molar-refractivity contribution in [3.05, 3.63) is 144 Å². The summed E-state index contributed by atoms with van der Waals surface area (Å²) in [6.45, 7) is 1.12. The van der Waals surface area contributed by atoms with Crippen LogP contribution in [0.4, 0.5) is 17.1 Å². The lowest BCUT2D eigenvalue weighted by Crippen LogP contribution is -2.57. The third-order valence-electron chi connectivity index (χ3n) is 11.5. The van der Waals surface area contributed by atoms with E-state index >= 15 is 0 Å². The first kappa shape index (κ1) is 23.0. The third kappa shape index (κ3) is 4.46. The number of fused-ring (bicyclic) bond motifs is 7. The van der Waals surface area contributed by atoms with Gasteiger partial charge in [-0.05, 0) is 106 Å². The fourth-order valence-corrected chi connectivity index (χ4v) is 13.1. The lowest BCUT2D eigenvalue weighted by Gasteiger charge is -2.40. The Morgan fingerprint density at radius 1 is 0.720 bits per heavy atom. The Kier molecular flexibility index (Phi) is 5.16. The van der Waals surface area contributed by atoms with Crippen LogP contribution in [0.1, 0.15) is 48.4 Å². The molecule has 5 aromatic rings. The second-order valence-corrected chi connectivity index (χ2v) is 20.7. The molecule has 0 spiro atoms. The highest BCUT2D eigenvalue weighted by molar-refractivity contribution is 7.99. The van der Waals surface area contributed by atoms with Gasteiger partial charge in [-0.3, -0.25) is 4.90 Å². The molecule has 248 valence electrons. The van der Waals surface area contributed by atoms with Gasteiger partial charge in [0.15, 0.2) is 0 Å². The molecule has 0 amide bonds. The fourth-order valence-electron chi connectivity index (χ4n) is 8.08. The Morgan fingerprint density at radius 2 is 1.42 bits per heavy atom. The molecular weight excluding hydrogens is 643 g/mol. The van der Waals surface area contributed by atoms with E-state index in [0.717, 1.165) is 26.7 Å². The number of rotatable bonds is 3. The van der Waals surface area contributed by atoms with E-state index in [2.05, 4.69) is 62.2 Å². The quantitative estimate of drug-likeness (QED) is 0.175. The number of aliphatic imine (C=N–C) groups is 1. The van der Waals surface area contributed by atoms with Gasteiger partial charge >= 0.3 is 0 Å². The molecule has 0 radical (unpaired) electrons. The van der Waals surface area contributed by atoms with Crippen molar-refractivity contribution in [1.29, 1.82) is 0 Å². The number of benzene rings is 5. The normalized spacial score (nSPS) is 23.8. The molecule has 5 heteroatoms. The van der Waals surface area contributed by atoms with Gasteiger partial charge in [-0.2, -0.15) is 0 Å². The van der Waals surface area contributed by atoms with Gasteiger partial charge in [0, 0.05) is 27.8 Å². The van der Waals surface area contributed by atoms with Gasteiger partial charge in [0.1, 0.15) is 0 Å². The number of anilines is 3. The van der Waals surface area contributed by atoms with E-state index in [1.807, 2.05) is 65.6 Å². The van der Waals surface area contributed by atoms with Crippen molar-refractivity contribution in [2.45, 2.75) is 74.4 Å². The highest BCUT2D eigenvalue weighted by Crippen LogP contribution is 2.50. The van der Waals surface area contributed by atoms with E-state index in [-0.39, 0.29) is 44.9 Å². The average molecular weight is 695 g/mol. The lowest BCUT2D eigenvalue weighted by atomic mass is 9.88. The van der Waals surface area contributed by atoms with E-state index in [9.17, 15) is 0 Å². The summed E-state index contributed by atoms with van der Waals surface area (Å²) in [6, 6.07) is 29.9. The molecule has 0 bridgehead atoms. The molecule has 3 nitrogen and oxygen atoms in total. The number of para-hydroxylation sites is 2. The first-order valence-corrected chi connectivity index (χ1v) is 20.9. The van der Waals surface area contributed by atoms with Gasteiger partial charge < -0.3 is 4.90 Å². The maximum atomic E-state index is 8.87. The summed E-state index contributed by atoms with van der Waals surface area (Å²) in [5, 5.41) is 1.04. The van der Waals surface area contributed by atoms with Gasteiger partial charge in [-0.1, -0.05) is 130 Å². The second-order valence-electron chi connectivity index (χ2n) is 14.6.